The zero-order valence-corrected chi connectivity index (χ0v) is 15.3. The third-order valence-electron chi connectivity index (χ3n) is 5.01. The van der Waals surface area contributed by atoms with Gasteiger partial charge in [0, 0.05) is 24.2 Å². The van der Waals surface area contributed by atoms with Crippen molar-refractivity contribution in [1.29, 1.82) is 0 Å². The van der Waals surface area contributed by atoms with E-state index in [0.717, 1.165) is 25.7 Å². The molecule has 0 radical (unpaired) electrons. The highest BCUT2D eigenvalue weighted by Crippen LogP contribution is 2.27. The van der Waals surface area contributed by atoms with Crippen molar-refractivity contribution in [3.05, 3.63) is 54.0 Å². The Kier molecular flexibility index (Phi) is 6.16. The van der Waals surface area contributed by atoms with E-state index < -0.39 is 0 Å². The molecule has 0 aliphatic heterocycles. The molecule has 1 fully saturated rings. The van der Waals surface area contributed by atoms with Gasteiger partial charge in [0.1, 0.15) is 5.82 Å². The van der Waals surface area contributed by atoms with Crippen LogP contribution in [0.1, 0.15) is 42.5 Å². The van der Waals surface area contributed by atoms with Crippen LogP contribution in [0.4, 0.5) is 4.39 Å². The van der Waals surface area contributed by atoms with Gasteiger partial charge >= 0.3 is 5.97 Å². The molecule has 0 spiro atoms. The van der Waals surface area contributed by atoms with Crippen molar-refractivity contribution in [1.82, 2.24) is 10.3 Å². The Morgan fingerprint density at radius 3 is 2.59 bits per heavy atom. The van der Waals surface area contributed by atoms with Gasteiger partial charge in [0.15, 0.2) is 0 Å². The summed E-state index contributed by atoms with van der Waals surface area (Å²) in [5, 5.41) is 3.04. The molecule has 3 rings (SSSR count). The number of methoxy groups -OCH3 is 1. The summed E-state index contributed by atoms with van der Waals surface area (Å²) in [5.41, 5.74) is 1.77. The van der Waals surface area contributed by atoms with Crippen LogP contribution in [0.15, 0.2) is 42.6 Å². The van der Waals surface area contributed by atoms with Gasteiger partial charge in [-0.1, -0.05) is 12.1 Å². The van der Waals surface area contributed by atoms with Gasteiger partial charge in [-0.2, -0.15) is 0 Å². The van der Waals surface area contributed by atoms with Gasteiger partial charge in [-0.3, -0.25) is 14.6 Å². The minimum atomic E-state index is -0.320. The number of ether oxygens (including phenoxy) is 1. The van der Waals surface area contributed by atoms with Crippen molar-refractivity contribution in [2.45, 2.75) is 38.1 Å². The largest absolute Gasteiger partial charge is 0.469 e. The Morgan fingerprint density at radius 1 is 1.19 bits per heavy atom. The van der Waals surface area contributed by atoms with Crippen LogP contribution in [0.3, 0.4) is 0 Å². The van der Waals surface area contributed by atoms with Gasteiger partial charge in [0.25, 0.3) is 5.91 Å². The van der Waals surface area contributed by atoms with Gasteiger partial charge in [-0.25, -0.2) is 4.39 Å². The number of nitrogens with one attached hydrogen (secondary N) is 1. The average Bonchev–Trinajstić information content (AvgIpc) is 2.69. The number of carbonyl (C=O) groups is 2. The van der Waals surface area contributed by atoms with E-state index in [9.17, 15) is 14.0 Å². The third kappa shape index (κ3) is 5.12. The molecule has 27 heavy (non-hydrogen) atoms. The number of esters is 1. The Labute approximate surface area is 158 Å². The van der Waals surface area contributed by atoms with E-state index in [1.807, 2.05) is 0 Å². The summed E-state index contributed by atoms with van der Waals surface area (Å²) < 4.78 is 18.0. The summed E-state index contributed by atoms with van der Waals surface area (Å²) in [6, 6.07) is 9.72. The van der Waals surface area contributed by atoms with Crippen LogP contribution in [0.5, 0.6) is 0 Å². The standard InChI is InChI=1S/C21H23FN2O3/c1-27-20(25)11-14-5-8-18(9-6-14)24-21(26)16-7-10-19(23-13-16)15-3-2-4-17(22)12-15/h2-4,7,10,12-14,18H,5-6,8-9,11H2,1H3,(H,24,26)/t14-,18-. The molecule has 1 heterocycles. The number of hydrogen-bond acceptors (Lipinski definition) is 4. The number of amides is 1. The molecule has 1 aliphatic rings. The summed E-state index contributed by atoms with van der Waals surface area (Å²) in [6.07, 6.45) is 5.46. The Balaban J connectivity index is 1.54. The topological polar surface area (TPSA) is 68.3 Å². The van der Waals surface area contributed by atoms with E-state index in [2.05, 4.69) is 10.3 Å². The van der Waals surface area contributed by atoms with Gasteiger partial charge < -0.3 is 10.1 Å². The van der Waals surface area contributed by atoms with Crippen molar-refractivity contribution in [3.8, 4) is 11.3 Å². The number of nitrogens with zero attached hydrogens (tertiary/aromatic N) is 1. The van der Waals surface area contributed by atoms with Crippen molar-refractivity contribution >= 4 is 11.9 Å². The van der Waals surface area contributed by atoms with E-state index in [0.29, 0.717) is 29.2 Å². The number of benzene rings is 1. The second-order valence-electron chi connectivity index (χ2n) is 6.91. The van der Waals surface area contributed by atoms with Crippen molar-refractivity contribution in [2.75, 3.05) is 7.11 Å². The van der Waals surface area contributed by atoms with E-state index in [1.165, 1.54) is 25.4 Å². The maximum atomic E-state index is 13.3. The highest BCUT2D eigenvalue weighted by atomic mass is 19.1. The predicted molar refractivity (Wildman–Crippen MR) is 99.5 cm³/mol. The quantitative estimate of drug-likeness (QED) is 0.814. The smallest absolute Gasteiger partial charge is 0.305 e. The lowest BCUT2D eigenvalue weighted by Crippen LogP contribution is -2.38. The Bertz CT molecular complexity index is 799. The molecule has 2 aromatic rings. The lowest BCUT2D eigenvalue weighted by Gasteiger charge is -2.28. The maximum absolute atomic E-state index is 13.3. The molecule has 0 atom stereocenters. The predicted octanol–water partition coefficient (Wildman–Crippen LogP) is 3.74. The van der Waals surface area contributed by atoms with E-state index in [-0.39, 0.29) is 23.7 Å². The summed E-state index contributed by atoms with van der Waals surface area (Å²) in [7, 11) is 1.40. The molecule has 1 saturated carbocycles. The number of pyridine rings is 1. The SMILES string of the molecule is COC(=O)C[C@H]1CC[C@H](NC(=O)c2ccc(-c3cccc(F)c3)nc2)CC1. The molecule has 6 heteroatoms. The van der Waals surface area contributed by atoms with E-state index in [1.54, 1.807) is 24.3 Å². The van der Waals surface area contributed by atoms with Crippen LogP contribution in [-0.2, 0) is 9.53 Å². The molecular formula is C21H23FN2O3. The van der Waals surface area contributed by atoms with Crippen molar-refractivity contribution in [3.63, 3.8) is 0 Å². The highest BCUT2D eigenvalue weighted by Gasteiger charge is 2.24. The first-order valence-electron chi connectivity index (χ1n) is 9.15. The Morgan fingerprint density at radius 2 is 1.96 bits per heavy atom. The van der Waals surface area contributed by atoms with Crippen LogP contribution in [-0.4, -0.2) is 30.0 Å². The molecule has 0 saturated heterocycles. The average molecular weight is 370 g/mol. The molecule has 0 unspecified atom stereocenters. The summed E-state index contributed by atoms with van der Waals surface area (Å²) in [4.78, 5) is 28.1. The zero-order valence-electron chi connectivity index (χ0n) is 15.3. The number of carbonyl (C=O) groups excluding carboxylic acids is 2. The van der Waals surface area contributed by atoms with Crippen LogP contribution < -0.4 is 5.32 Å². The first kappa shape index (κ1) is 19.0. The van der Waals surface area contributed by atoms with Crippen LogP contribution in [0.2, 0.25) is 0 Å². The lowest BCUT2D eigenvalue weighted by molar-refractivity contribution is -0.142. The number of rotatable bonds is 5. The van der Waals surface area contributed by atoms with Crippen molar-refractivity contribution < 1.29 is 18.7 Å². The van der Waals surface area contributed by atoms with Crippen LogP contribution in [0, 0.1) is 11.7 Å². The molecule has 5 nitrogen and oxygen atoms in total. The fourth-order valence-corrected chi connectivity index (χ4v) is 3.45. The normalized spacial score (nSPS) is 19.3. The van der Waals surface area contributed by atoms with Gasteiger partial charge in [0.2, 0.25) is 0 Å². The molecule has 0 bridgehead atoms. The van der Waals surface area contributed by atoms with Crippen molar-refractivity contribution in [2.24, 2.45) is 5.92 Å². The van der Waals surface area contributed by atoms with E-state index in [4.69, 9.17) is 4.74 Å². The second-order valence-corrected chi connectivity index (χ2v) is 6.91. The molecule has 1 amide bonds. The van der Waals surface area contributed by atoms with E-state index >= 15 is 0 Å². The Hall–Kier alpha value is -2.76. The second kappa shape index (κ2) is 8.75. The fourth-order valence-electron chi connectivity index (χ4n) is 3.45. The van der Waals surface area contributed by atoms with Gasteiger partial charge in [-0.05, 0) is 55.9 Å². The van der Waals surface area contributed by atoms with Gasteiger partial charge in [0.05, 0.1) is 18.4 Å². The first-order valence-corrected chi connectivity index (χ1v) is 9.15. The van der Waals surface area contributed by atoms with Crippen LogP contribution in [0.25, 0.3) is 11.3 Å². The summed E-state index contributed by atoms with van der Waals surface area (Å²) >= 11 is 0. The number of hydrogen-bond donors (Lipinski definition) is 1. The first-order chi connectivity index (χ1) is 13.0. The minimum Gasteiger partial charge on any atom is -0.469 e. The fraction of sp³-hybridized carbons (Fsp3) is 0.381. The van der Waals surface area contributed by atoms with Gasteiger partial charge in [-0.15, -0.1) is 0 Å². The molecule has 1 aliphatic carbocycles. The molecular weight excluding hydrogens is 347 g/mol. The molecule has 1 N–H and O–H groups in total. The summed E-state index contributed by atoms with van der Waals surface area (Å²) in [5.74, 6) is -0.326. The van der Waals surface area contributed by atoms with Crippen LogP contribution >= 0.6 is 0 Å². The third-order valence-corrected chi connectivity index (χ3v) is 5.01. The summed E-state index contributed by atoms with van der Waals surface area (Å²) in [6.45, 7) is 0. The minimum absolute atomic E-state index is 0.106. The molecule has 1 aromatic carbocycles. The monoisotopic (exact) mass is 370 g/mol. The number of aromatic nitrogens is 1. The lowest BCUT2D eigenvalue weighted by atomic mass is 9.84. The maximum Gasteiger partial charge on any atom is 0.305 e. The zero-order chi connectivity index (χ0) is 19.2. The number of halogens is 1. The highest BCUT2D eigenvalue weighted by molar-refractivity contribution is 5.94. The molecule has 142 valence electrons. The molecule has 1 aromatic heterocycles.